The number of nitrogens with two attached hydrogens (primary N) is 1. The molecule has 2 rings (SSSR count). The quantitative estimate of drug-likeness (QED) is 0.238. The van der Waals surface area contributed by atoms with Gasteiger partial charge in [0.15, 0.2) is 0 Å². The number of rotatable bonds is 9. The van der Waals surface area contributed by atoms with Crippen LogP contribution in [0.1, 0.15) is 24.1 Å². The van der Waals surface area contributed by atoms with Crippen molar-refractivity contribution in [2.24, 2.45) is 0 Å². The fourth-order valence-corrected chi connectivity index (χ4v) is 2.52. The van der Waals surface area contributed by atoms with E-state index < -0.39 is 24.8 Å². The molecule has 0 unspecified atom stereocenters. The number of benzene rings is 1. The van der Waals surface area contributed by atoms with Gasteiger partial charge in [-0.2, -0.15) is 8.78 Å². The summed E-state index contributed by atoms with van der Waals surface area (Å²) in [6, 6.07) is 9.04. The van der Waals surface area contributed by atoms with Gasteiger partial charge < -0.3 is 25.6 Å². The zero-order valence-electron chi connectivity index (χ0n) is 16.1. The van der Waals surface area contributed by atoms with Crippen molar-refractivity contribution in [2.75, 3.05) is 24.3 Å². The number of nitrogens with one attached hydrogen (secondary N) is 3. The molecule has 1 aromatic carbocycles. The Bertz CT molecular complexity index is 852. The molecule has 0 saturated carbocycles. The maximum absolute atomic E-state index is 12.3. The summed E-state index contributed by atoms with van der Waals surface area (Å²) >= 11 is 0. The minimum absolute atomic E-state index is 0.0928. The highest BCUT2D eigenvalue weighted by Crippen LogP contribution is 2.18. The molecule has 11 heteroatoms. The summed E-state index contributed by atoms with van der Waals surface area (Å²) in [5.74, 6) is -0.257. The number of aliphatic hydroxyl groups is 1. The number of hydrogen-bond donors (Lipinski definition) is 5. The van der Waals surface area contributed by atoms with Gasteiger partial charge in [-0.3, -0.25) is 10.7 Å². The van der Waals surface area contributed by atoms with Gasteiger partial charge in [0.2, 0.25) is 5.90 Å². The van der Waals surface area contributed by atoms with Crippen molar-refractivity contribution in [2.45, 2.75) is 25.7 Å². The molecule has 0 saturated heterocycles. The Labute approximate surface area is 171 Å². The minimum atomic E-state index is -2.92. The van der Waals surface area contributed by atoms with Crippen LogP contribution < -0.4 is 16.4 Å². The number of nitrogens with zero attached hydrogens (tertiary/aromatic N) is 1. The monoisotopic (exact) mass is 423 g/mol. The van der Waals surface area contributed by atoms with E-state index in [1.165, 1.54) is 12.3 Å². The summed E-state index contributed by atoms with van der Waals surface area (Å²) in [5.41, 5.74) is 6.82. The van der Waals surface area contributed by atoms with Crippen LogP contribution in [0.3, 0.4) is 0 Å². The molecule has 0 aliphatic rings. The van der Waals surface area contributed by atoms with Crippen LogP contribution in [0, 0.1) is 5.41 Å². The molecular weight excluding hydrogens is 400 g/mol. The number of urea groups is 1. The first-order valence-electron chi connectivity index (χ1n) is 8.95. The van der Waals surface area contributed by atoms with Crippen LogP contribution in [0.5, 0.6) is 0 Å². The number of pyridine rings is 1. The van der Waals surface area contributed by atoms with Crippen LogP contribution in [-0.4, -0.2) is 47.9 Å². The average molecular weight is 423 g/mol. The predicted molar refractivity (Wildman–Crippen MR) is 106 cm³/mol. The van der Waals surface area contributed by atoms with E-state index >= 15 is 0 Å². The van der Waals surface area contributed by atoms with Crippen LogP contribution in [0.4, 0.5) is 25.1 Å². The second-order valence-corrected chi connectivity index (χ2v) is 6.19. The number of nitrogen functional groups attached to an aromatic ring is 1. The Morgan fingerprint density at radius 3 is 2.60 bits per heavy atom. The second-order valence-electron chi connectivity index (χ2n) is 6.19. The van der Waals surface area contributed by atoms with Crippen LogP contribution in [-0.2, 0) is 9.47 Å². The Morgan fingerprint density at radius 2 is 2.00 bits per heavy atom. The van der Waals surface area contributed by atoms with Gasteiger partial charge in [-0.25, -0.2) is 9.78 Å². The highest BCUT2D eigenvalue weighted by Gasteiger charge is 2.20. The van der Waals surface area contributed by atoms with E-state index in [2.05, 4.69) is 20.4 Å². The van der Waals surface area contributed by atoms with Gasteiger partial charge in [0.05, 0.1) is 24.3 Å². The molecule has 1 heterocycles. The molecule has 0 aliphatic heterocycles. The molecule has 2 aromatic rings. The molecule has 1 aromatic heterocycles. The fourth-order valence-electron chi connectivity index (χ4n) is 2.52. The molecule has 0 radical (unpaired) electrons. The van der Waals surface area contributed by atoms with E-state index in [9.17, 15) is 18.7 Å². The molecule has 9 nitrogen and oxygen atoms in total. The van der Waals surface area contributed by atoms with Crippen molar-refractivity contribution < 1.29 is 28.2 Å². The van der Waals surface area contributed by atoms with Gasteiger partial charge in [0.25, 0.3) is 0 Å². The zero-order chi connectivity index (χ0) is 22.1. The van der Waals surface area contributed by atoms with Crippen molar-refractivity contribution in [3.8, 4) is 0 Å². The number of anilines is 2. The second kappa shape index (κ2) is 11.0. The van der Waals surface area contributed by atoms with E-state index in [1.54, 1.807) is 31.2 Å². The van der Waals surface area contributed by atoms with E-state index in [0.29, 0.717) is 0 Å². The van der Waals surface area contributed by atoms with Crippen molar-refractivity contribution in [1.29, 1.82) is 5.41 Å². The van der Waals surface area contributed by atoms with Gasteiger partial charge in [-0.15, -0.1) is 0 Å². The van der Waals surface area contributed by atoms with Gasteiger partial charge in [-0.1, -0.05) is 30.3 Å². The third-order valence-electron chi connectivity index (χ3n) is 3.92. The molecule has 2 atom stereocenters. The van der Waals surface area contributed by atoms with Gasteiger partial charge in [0.1, 0.15) is 12.4 Å². The lowest BCUT2D eigenvalue weighted by atomic mass is 10.0. The lowest BCUT2D eigenvalue weighted by Gasteiger charge is -2.22. The summed E-state index contributed by atoms with van der Waals surface area (Å²) in [4.78, 5) is 16.3. The van der Waals surface area contributed by atoms with Gasteiger partial charge in [-0.05, 0) is 12.5 Å². The van der Waals surface area contributed by atoms with E-state index in [0.717, 1.165) is 5.56 Å². The summed E-state index contributed by atoms with van der Waals surface area (Å²) in [6.07, 6.45) is 0.371. The maximum Gasteiger partial charge on any atom is 0.345 e. The Hall–Kier alpha value is -3.31. The first-order chi connectivity index (χ1) is 14.3. The van der Waals surface area contributed by atoms with Crippen LogP contribution in [0.15, 0.2) is 42.6 Å². The smallest absolute Gasteiger partial charge is 0.345 e. The van der Waals surface area contributed by atoms with E-state index in [4.69, 9.17) is 15.9 Å². The molecule has 0 fully saturated rings. The Kier molecular flexibility index (Phi) is 8.44. The van der Waals surface area contributed by atoms with E-state index in [1.807, 2.05) is 6.07 Å². The molecular formula is C19H23F2N5O4. The number of carbonyl (C=O) groups excluding carboxylic acids is 1. The zero-order valence-corrected chi connectivity index (χ0v) is 16.1. The molecule has 6 N–H and O–H groups in total. The number of aliphatic hydroxyl groups excluding tert-OH is 1. The first-order valence-corrected chi connectivity index (χ1v) is 8.95. The molecule has 0 aliphatic carbocycles. The fraction of sp³-hybridized carbons (Fsp3) is 0.316. The normalized spacial score (nSPS) is 12.8. The molecule has 0 spiro atoms. The average Bonchev–Trinajstić information content (AvgIpc) is 2.69. The first kappa shape index (κ1) is 23.0. The lowest BCUT2D eigenvalue weighted by Crippen LogP contribution is -2.38. The van der Waals surface area contributed by atoms with Crippen LogP contribution in [0.2, 0.25) is 0 Å². The van der Waals surface area contributed by atoms with Crippen molar-refractivity contribution in [3.63, 3.8) is 0 Å². The van der Waals surface area contributed by atoms with Crippen LogP contribution >= 0.6 is 0 Å². The summed E-state index contributed by atoms with van der Waals surface area (Å²) in [5, 5.41) is 22.9. The molecule has 30 heavy (non-hydrogen) atoms. The number of halogens is 2. The number of carbonyl (C=O) groups is 1. The Balaban J connectivity index is 1.96. The molecule has 2 amide bonds. The van der Waals surface area contributed by atoms with Crippen molar-refractivity contribution >= 4 is 23.4 Å². The minimum Gasteiger partial charge on any atom is -0.475 e. The third kappa shape index (κ3) is 6.94. The number of amides is 2. The highest BCUT2D eigenvalue weighted by molar-refractivity contribution is 5.97. The number of ether oxygens (including phenoxy) is 2. The molecule has 0 bridgehead atoms. The molecule has 162 valence electrons. The maximum atomic E-state index is 12.3. The van der Waals surface area contributed by atoms with Crippen molar-refractivity contribution in [1.82, 2.24) is 10.3 Å². The number of hydrogen-bond acceptors (Lipinski definition) is 7. The topological polar surface area (TPSA) is 143 Å². The summed E-state index contributed by atoms with van der Waals surface area (Å²) < 4.78 is 32.8. The Morgan fingerprint density at radius 1 is 1.30 bits per heavy atom. The third-order valence-corrected chi connectivity index (χ3v) is 3.92. The standard InChI is InChI=1S/C19H23F2N5O4/c1-11(27)16(12-5-3-2-4-6-12)26-19(28)25-15-9-14(22)13(10-24-15)17(23)29-7-8-30-18(20)21/h2-6,9-11,16,18,23,27H,7-8H2,1H3,(H4,22,24,25,26,28)/t11-,16+/m0/s1. The lowest BCUT2D eigenvalue weighted by molar-refractivity contribution is -0.134. The van der Waals surface area contributed by atoms with Crippen LogP contribution in [0.25, 0.3) is 0 Å². The summed E-state index contributed by atoms with van der Waals surface area (Å²) in [6.45, 7) is -2.01. The number of aromatic nitrogens is 1. The largest absolute Gasteiger partial charge is 0.475 e. The van der Waals surface area contributed by atoms with Gasteiger partial charge in [0, 0.05) is 18.0 Å². The number of alkyl halides is 2. The SMILES string of the molecule is C[C@H](O)[C@@H](NC(=O)Nc1cc(N)c(C(=N)OCCOC(F)F)cn1)c1ccccc1. The highest BCUT2D eigenvalue weighted by atomic mass is 19.3. The van der Waals surface area contributed by atoms with E-state index in [-0.39, 0.29) is 36.2 Å². The van der Waals surface area contributed by atoms with Crippen molar-refractivity contribution in [3.05, 3.63) is 53.7 Å². The van der Waals surface area contributed by atoms with Gasteiger partial charge >= 0.3 is 12.6 Å². The predicted octanol–water partition coefficient (Wildman–Crippen LogP) is 2.49. The summed E-state index contributed by atoms with van der Waals surface area (Å²) in [7, 11) is 0.